The highest BCUT2D eigenvalue weighted by atomic mass is 35.5. The van der Waals surface area contributed by atoms with E-state index in [0.29, 0.717) is 5.75 Å². The van der Waals surface area contributed by atoms with Gasteiger partial charge in [0.05, 0.1) is 5.02 Å². The van der Waals surface area contributed by atoms with Gasteiger partial charge in [0, 0.05) is 0 Å². The summed E-state index contributed by atoms with van der Waals surface area (Å²) in [7, 11) is -1.57. The Morgan fingerprint density at radius 2 is 2.14 bits per heavy atom. The fourth-order valence-electron chi connectivity index (χ4n) is 0.943. The maximum atomic E-state index is 11.8. The minimum absolute atomic E-state index is 0.0687. The summed E-state index contributed by atoms with van der Waals surface area (Å²) in [5.41, 5.74) is 0.266. The molecule has 0 atom stereocenters. The Kier molecular flexibility index (Phi) is 4.19. The second-order valence-electron chi connectivity index (χ2n) is 2.60. The molecule has 0 aromatic heterocycles. The first kappa shape index (κ1) is 11.3. The molecule has 0 saturated heterocycles. The van der Waals surface area contributed by atoms with Crippen LogP contribution in [0.15, 0.2) is 18.2 Å². The van der Waals surface area contributed by atoms with Crippen molar-refractivity contribution in [1.29, 1.82) is 0 Å². The SMILES string of the molecule is OB(O)c1ccc(OCCF)c(Cl)c1. The van der Waals surface area contributed by atoms with Gasteiger partial charge >= 0.3 is 7.12 Å². The molecule has 0 radical (unpaired) electrons. The molecule has 0 bridgehead atoms. The van der Waals surface area contributed by atoms with Crippen LogP contribution in [0.25, 0.3) is 0 Å². The van der Waals surface area contributed by atoms with Crippen molar-refractivity contribution in [2.45, 2.75) is 0 Å². The predicted molar refractivity (Wildman–Crippen MR) is 52.7 cm³/mol. The minimum Gasteiger partial charge on any atom is -0.489 e. The summed E-state index contributed by atoms with van der Waals surface area (Å²) in [4.78, 5) is 0. The molecule has 0 aliphatic heterocycles. The van der Waals surface area contributed by atoms with Crippen LogP contribution in [-0.4, -0.2) is 30.4 Å². The molecule has 0 aliphatic carbocycles. The Labute approximate surface area is 86.2 Å². The van der Waals surface area contributed by atoms with E-state index >= 15 is 0 Å². The van der Waals surface area contributed by atoms with Crippen molar-refractivity contribution in [1.82, 2.24) is 0 Å². The lowest BCUT2D eigenvalue weighted by molar-refractivity contribution is 0.273. The van der Waals surface area contributed by atoms with Crippen LogP contribution in [0.3, 0.4) is 0 Å². The Morgan fingerprint density at radius 1 is 1.43 bits per heavy atom. The molecule has 1 rings (SSSR count). The van der Waals surface area contributed by atoms with Crippen molar-refractivity contribution in [3.05, 3.63) is 23.2 Å². The number of alkyl halides is 1. The molecular formula is C8H9BClFO3. The largest absolute Gasteiger partial charge is 0.489 e. The molecule has 0 unspecified atom stereocenters. The molecule has 0 spiro atoms. The van der Waals surface area contributed by atoms with E-state index in [0.717, 1.165) is 0 Å². The summed E-state index contributed by atoms with van der Waals surface area (Å²) in [5, 5.41) is 17.8. The summed E-state index contributed by atoms with van der Waals surface area (Å²) < 4.78 is 16.7. The summed E-state index contributed by atoms with van der Waals surface area (Å²) >= 11 is 5.74. The van der Waals surface area contributed by atoms with Crippen molar-refractivity contribution in [2.24, 2.45) is 0 Å². The third-order valence-electron chi connectivity index (χ3n) is 1.59. The van der Waals surface area contributed by atoms with Gasteiger partial charge in [0.2, 0.25) is 0 Å². The second-order valence-corrected chi connectivity index (χ2v) is 3.01. The first-order valence-corrected chi connectivity index (χ1v) is 4.37. The lowest BCUT2D eigenvalue weighted by Crippen LogP contribution is -2.29. The normalized spacial score (nSPS) is 10.0. The molecule has 3 nitrogen and oxygen atoms in total. The van der Waals surface area contributed by atoms with E-state index in [1.54, 1.807) is 0 Å². The summed E-state index contributed by atoms with van der Waals surface area (Å²) in [6, 6.07) is 4.27. The van der Waals surface area contributed by atoms with Gasteiger partial charge < -0.3 is 14.8 Å². The van der Waals surface area contributed by atoms with Crippen LogP contribution in [0, 0.1) is 0 Å². The van der Waals surface area contributed by atoms with Gasteiger partial charge in [-0.05, 0) is 17.6 Å². The summed E-state index contributed by atoms with van der Waals surface area (Å²) in [6.07, 6.45) is 0. The van der Waals surface area contributed by atoms with Crippen molar-refractivity contribution < 1.29 is 19.2 Å². The molecule has 1 aromatic carbocycles. The van der Waals surface area contributed by atoms with E-state index in [1.807, 2.05) is 0 Å². The van der Waals surface area contributed by atoms with E-state index < -0.39 is 13.8 Å². The zero-order chi connectivity index (χ0) is 10.6. The van der Waals surface area contributed by atoms with E-state index in [2.05, 4.69) is 0 Å². The van der Waals surface area contributed by atoms with Gasteiger partial charge in [-0.2, -0.15) is 0 Å². The minimum atomic E-state index is -1.57. The molecule has 76 valence electrons. The first-order valence-electron chi connectivity index (χ1n) is 3.99. The lowest BCUT2D eigenvalue weighted by Gasteiger charge is -2.07. The average molecular weight is 218 g/mol. The molecule has 2 N–H and O–H groups in total. The van der Waals surface area contributed by atoms with Crippen LogP contribution in [0.5, 0.6) is 5.75 Å². The van der Waals surface area contributed by atoms with Crippen LogP contribution in [0.4, 0.5) is 4.39 Å². The van der Waals surface area contributed by atoms with Crippen molar-refractivity contribution in [2.75, 3.05) is 13.3 Å². The quantitative estimate of drug-likeness (QED) is 0.718. The third-order valence-corrected chi connectivity index (χ3v) is 1.88. The zero-order valence-corrected chi connectivity index (χ0v) is 8.04. The first-order chi connectivity index (χ1) is 6.65. The van der Waals surface area contributed by atoms with Crippen LogP contribution >= 0.6 is 11.6 Å². The van der Waals surface area contributed by atoms with Crippen LogP contribution in [0.1, 0.15) is 0 Å². The smallest absolute Gasteiger partial charge is 0.488 e. The van der Waals surface area contributed by atoms with Crippen LogP contribution < -0.4 is 10.2 Å². The molecule has 6 heteroatoms. The van der Waals surface area contributed by atoms with E-state index in [-0.39, 0.29) is 17.1 Å². The van der Waals surface area contributed by atoms with Gasteiger partial charge in [-0.1, -0.05) is 17.7 Å². The Bertz CT molecular complexity index is 309. The van der Waals surface area contributed by atoms with Crippen molar-refractivity contribution >= 4 is 24.2 Å². The monoisotopic (exact) mass is 218 g/mol. The van der Waals surface area contributed by atoms with E-state index in [1.165, 1.54) is 18.2 Å². The highest BCUT2D eigenvalue weighted by molar-refractivity contribution is 6.59. The molecule has 0 aliphatic rings. The average Bonchev–Trinajstić information content (AvgIpc) is 2.15. The van der Waals surface area contributed by atoms with Crippen LogP contribution in [0.2, 0.25) is 5.02 Å². The Morgan fingerprint density at radius 3 is 2.64 bits per heavy atom. The molecule has 14 heavy (non-hydrogen) atoms. The number of halogens is 2. The van der Waals surface area contributed by atoms with Gasteiger partial charge in [-0.25, -0.2) is 4.39 Å². The predicted octanol–water partition coefficient (Wildman–Crippen LogP) is 0.368. The lowest BCUT2D eigenvalue weighted by atomic mass is 9.80. The highest BCUT2D eigenvalue weighted by Crippen LogP contribution is 2.22. The molecule has 1 aromatic rings. The molecule has 0 fully saturated rings. The Hall–Kier alpha value is -0.775. The van der Waals surface area contributed by atoms with Gasteiger partial charge in [-0.3, -0.25) is 0 Å². The van der Waals surface area contributed by atoms with E-state index in [9.17, 15) is 4.39 Å². The van der Waals surface area contributed by atoms with Crippen LogP contribution in [-0.2, 0) is 0 Å². The number of rotatable bonds is 4. The van der Waals surface area contributed by atoms with E-state index in [4.69, 9.17) is 26.4 Å². The van der Waals surface area contributed by atoms with Gasteiger partial charge in [0.1, 0.15) is 19.0 Å². The van der Waals surface area contributed by atoms with Crippen molar-refractivity contribution in [3.8, 4) is 5.75 Å². The maximum Gasteiger partial charge on any atom is 0.488 e. The number of hydrogen-bond donors (Lipinski definition) is 2. The number of benzene rings is 1. The van der Waals surface area contributed by atoms with Crippen molar-refractivity contribution in [3.63, 3.8) is 0 Å². The maximum absolute atomic E-state index is 11.8. The van der Waals surface area contributed by atoms with Gasteiger partial charge in [0.25, 0.3) is 0 Å². The highest BCUT2D eigenvalue weighted by Gasteiger charge is 2.12. The summed E-state index contributed by atoms with van der Waals surface area (Å²) in [5.74, 6) is 0.328. The molecular weight excluding hydrogens is 209 g/mol. The molecule has 0 saturated carbocycles. The second kappa shape index (κ2) is 5.19. The number of hydrogen-bond acceptors (Lipinski definition) is 3. The molecule has 0 heterocycles. The van der Waals surface area contributed by atoms with Gasteiger partial charge in [-0.15, -0.1) is 0 Å². The zero-order valence-electron chi connectivity index (χ0n) is 7.28. The Balaban J connectivity index is 2.79. The third kappa shape index (κ3) is 2.87. The summed E-state index contributed by atoms with van der Waals surface area (Å²) in [6.45, 7) is -0.665. The molecule has 0 amide bonds. The fourth-order valence-corrected chi connectivity index (χ4v) is 1.19. The van der Waals surface area contributed by atoms with Gasteiger partial charge in [0.15, 0.2) is 0 Å². The number of ether oxygens (including phenoxy) is 1. The fraction of sp³-hybridized carbons (Fsp3) is 0.250. The topological polar surface area (TPSA) is 49.7 Å². The standard InChI is InChI=1S/C8H9BClFO3/c10-7-5-6(9(12)13)1-2-8(7)14-4-3-11/h1-2,5,12-13H,3-4H2.